The molecule has 0 bridgehead atoms. The van der Waals surface area contributed by atoms with E-state index in [-0.39, 0.29) is 6.61 Å². The van der Waals surface area contributed by atoms with E-state index in [0.29, 0.717) is 11.3 Å². The Morgan fingerprint density at radius 2 is 1.65 bits per heavy atom. The molecule has 0 N–H and O–H groups in total. The minimum absolute atomic E-state index is 0.222. The molecular weight excluding hydrogens is 222 g/mol. The molecule has 0 unspecified atom stereocenters. The molecule has 0 saturated carbocycles. The summed E-state index contributed by atoms with van der Waals surface area (Å²) in [6.07, 6.45) is 0. The van der Waals surface area contributed by atoms with Crippen LogP contribution in [0.15, 0.2) is 42.5 Å². The number of hydrogen-bond donors (Lipinski definition) is 0. The lowest BCUT2D eigenvalue weighted by Crippen LogP contribution is -1.97. The number of halogens is 2. The Balaban J connectivity index is 2.02. The number of aryl methyl sites for hydroxylation is 1. The first-order chi connectivity index (χ1) is 8.15. The van der Waals surface area contributed by atoms with Gasteiger partial charge in [-0.1, -0.05) is 23.8 Å². The van der Waals surface area contributed by atoms with Crippen molar-refractivity contribution >= 4 is 0 Å². The molecule has 0 spiro atoms. The van der Waals surface area contributed by atoms with Crippen LogP contribution in [0.25, 0.3) is 0 Å². The van der Waals surface area contributed by atoms with Crippen molar-refractivity contribution in [3.63, 3.8) is 0 Å². The molecular formula is C14H12F2O. The fourth-order valence-electron chi connectivity index (χ4n) is 1.43. The van der Waals surface area contributed by atoms with Crippen molar-refractivity contribution in [2.24, 2.45) is 0 Å². The lowest BCUT2D eigenvalue weighted by atomic mass is 10.2. The number of hydrogen-bond acceptors (Lipinski definition) is 1. The molecule has 2 rings (SSSR count). The Kier molecular flexibility index (Phi) is 3.38. The molecule has 2 aromatic carbocycles. The summed E-state index contributed by atoms with van der Waals surface area (Å²) >= 11 is 0. The second-order valence-corrected chi connectivity index (χ2v) is 3.85. The van der Waals surface area contributed by atoms with E-state index >= 15 is 0 Å². The van der Waals surface area contributed by atoms with E-state index in [1.54, 1.807) is 0 Å². The van der Waals surface area contributed by atoms with Gasteiger partial charge in [-0.15, -0.1) is 0 Å². The zero-order valence-electron chi connectivity index (χ0n) is 9.41. The zero-order chi connectivity index (χ0) is 12.3. The van der Waals surface area contributed by atoms with Gasteiger partial charge in [0.1, 0.15) is 12.4 Å². The Hall–Kier alpha value is -1.90. The van der Waals surface area contributed by atoms with Crippen LogP contribution < -0.4 is 4.74 Å². The summed E-state index contributed by atoms with van der Waals surface area (Å²) in [6.45, 7) is 2.21. The van der Waals surface area contributed by atoms with Crippen LogP contribution in [0.3, 0.4) is 0 Å². The third-order valence-corrected chi connectivity index (χ3v) is 2.41. The van der Waals surface area contributed by atoms with Gasteiger partial charge >= 0.3 is 0 Å². The summed E-state index contributed by atoms with van der Waals surface area (Å²) in [6, 6.07) is 11.3. The van der Waals surface area contributed by atoms with Crippen LogP contribution in [0.4, 0.5) is 8.78 Å². The minimum atomic E-state index is -0.852. The van der Waals surface area contributed by atoms with Gasteiger partial charge in [0.15, 0.2) is 11.6 Å². The largest absolute Gasteiger partial charge is 0.489 e. The average molecular weight is 234 g/mol. The topological polar surface area (TPSA) is 9.23 Å². The predicted octanol–water partition coefficient (Wildman–Crippen LogP) is 3.85. The molecule has 0 fully saturated rings. The SMILES string of the molecule is Cc1ccc(OCc2ccc(F)c(F)c2)cc1. The first kappa shape index (κ1) is 11.6. The first-order valence-corrected chi connectivity index (χ1v) is 5.28. The molecule has 0 heterocycles. The van der Waals surface area contributed by atoms with Crippen molar-refractivity contribution in [1.29, 1.82) is 0 Å². The van der Waals surface area contributed by atoms with Crippen molar-refractivity contribution in [3.8, 4) is 5.75 Å². The van der Waals surface area contributed by atoms with Crippen molar-refractivity contribution in [1.82, 2.24) is 0 Å². The van der Waals surface area contributed by atoms with Crippen LogP contribution in [0.2, 0.25) is 0 Å². The highest BCUT2D eigenvalue weighted by Crippen LogP contribution is 2.15. The summed E-state index contributed by atoms with van der Waals surface area (Å²) in [5.74, 6) is -0.987. The highest BCUT2D eigenvalue weighted by Gasteiger charge is 2.03. The molecule has 0 aromatic heterocycles. The Labute approximate surface area is 98.7 Å². The fourth-order valence-corrected chi connectivity index (χ4v) is 1.43. The lowest BCUT2D eigenvalue weighted by molar-refractivity contribution is 0.305. The fraction of sp³-hybridized carbons (Fsp3) is 0.143. The first-order valence-electron chi connectivity index (χ1n) is 5.28. The zero-order valence-corrected chi connectivity index (χ0v) is 9.41. The molecule has 0 atom stereocenters. The van der Waals surface area contributed by atoms with Gasteiger partial charge in [0, 0.05) is 0 Å². The molecule has 2 aromatic rings. The molecule has 0 amide bonds. The molecule has 0 saturated heterocycles. The van der Waals surface area contributed by atoms with E-state index < -0.39 is 11.6 Å². The maximum atomic E-state index is 12.9. The normalized spacial score (nSPS) is 10.3. The molecule has 0 aliphatic heterocycles. The van der Waals surface area contributed by atoms with E-state index in [1.165, 1.54) is 6.07 Å². The molecule has 1 nitrogen and oxygen atoms in total. The average Bonchev–Trinajstić information content (AvgIpc) is 2.33. The van der Waals surface area contributed by atoms with Gasteiger partial charge in [0.05, 0.1) is 0 Å². The third-order valence-electron chi connectivity index (χ3n) is 2.41. The highest BCUT2D eigenvalue weighted by molar-refractivity contribution is 5.27. The van der Waals surface area contributed by atoms with Gasteiger partial charge in [0.25, 0.3) is 0 Å². The number of rotatable bonds is 3. The Morgan fingerprint density at radius 3 is 2.29 bits per heavy atom. The van der Waals surface area contributed by atoms with E-state index in [4.69, 9.17) is 4.74 Å². The van der Waals surface area contributed by atoms with Crippen LogP contribution >= 0.6 is 0 Å². The van der Waals surface area contributed by atoms with Crippen LogP contribution in [0.5, 0.6) is 5.75 Å². The van der Waals surface area contributed by atoms with Gasteiger partial charge in [-0.25, -0.2) is 8.78 Å². The second kappa shape index (κ2) is 4.95. The molecule has 17 heavy (non-hydrogen) atoms. The van der Waals surface area contributed by atoms with Crippen LogP contribution in [-0.4, -0.2) is 0 Å². The van der Waals surface area contributed by atoms with Gasteiger partial charge < -0.3 is 4.74 Å². The van der Waals surface area contributed by atoms with Gasteiger partial charge in [-0.3, -0.25) is 0 Å². The predicted molar refractivity (Wildman–Crippen MR) is 61.9 cm³/mol. The second-order valence-electron chi connectivity index (χ2n) is 3.85. The highest BCUT2D eigenvalue weighted by atomic mass is 19.2. The molecule has 0 aliphatic carbocycles. The van der Waals surface area contributed by atoms with Crippen molar-refractivity contribution in [3.05, 3.63) is 65.2 Å². The maximum absolute atomic E-state index is 12.9. The summed E-state index contributed by atoms with van der Waals surface area (Å²) in [5, 5.41) is 0. The van der Waals surface area contributed by atoms with E-state index in [9.17, 15) is 8.78 Å². The number of benzene rings is 2. The Morgan fingerprint density at radius 1 is 0.941 bits per heavy atom. The summed E-state index contributed by atoms with van der Waals surface area (Å²) in [4.78, 5) is 0. The van der Waals surface area contributed by atoms with Crippen LogP contribution in [-0.2, 0) is 6.61 Å². The summed E-state index contributed by atoms with van der Waals surface area (Å²) in [7, 11) is 0. The molecule has 0 radical (unpaired) electrons. The quantitative estimate of drug-likeness (QED) is 0.783. The minimum Gasteiger partial charge on any atom is -0.489 e. The van der Waals surface area contributed by atoms with Crippen molar-refractivity contribution < 1.29 is 13.5 Å². The van der Waals surface area contributed by atoms with Crippen molar-refractivity contribution in [2.75, 3.05) is 0 Å². The Bertz CT molecular complexity index is 506. The van der Waals surface area contributed by atoms with Crippen molar-refractivity contribution in [2.45, 2.75) is 13.5 Å². The van der Waals surface area contributed by atoms with E-state index in [2.05, 4.69) is 0 Å². The number of ether oxygens (including phenoxy) is 1. The maximum Gasteiger partial charge on any atom is 0.159 e. The summed E-state index contributed by atoms with van der Waals surface area (Å²) in [5.41, 5.74) is 1.75. The van der Waals surface area contributed by atoms with Gasteiger partial charge in [-0.05, 0) is 36.8 Å². The van der Waals surface area contributed by atoms with E-state index in [1.807, 2.05) is 31.2 Å². The van der Waals surface area contributed by atoms with E-state index in [0.717, 1.165) is 17.7 Å². The smallest absolute Gasteiger partial charge is 0.159 e. The van der Waals surface area contributed by atoms with Gasteiger partial charge in [0.2, 0.25) is 0 Å². The standard InChI is InChI=1S/C14H12F2O/c1-10-2-5-12(6-3-10)17-9-11-4-7-13(15)14(16)8-11/h2-8H,9H2,1H3. The molecule has 3 heteroatoms. The molecule has 0 aliphatic rings. The lowest BCUT2D eigenvalue weighted by Gasteiger charge is -2.06. The monoisotopic (exact) mass is 234 g/mol. The third kappa shape index (κ3) is 3.03. The van der Waals surface area contributed by atoms with Gasteiger partial charge in [-0.2, -0.15) is 0 Å². The van der Waals surface area contributed by atoms with Crippen LogP contribution in [0, 0.1) is 18.6 Å². The van der Waals surface area contributed by atoms with Crippen LogP contribution in [0.1, 0.15) is 11.1 Å². The molecule has 88 valence electrons. The summed E-state index contributed by atoms with van der Waals surface area (Å²) < 4.78 is 31.1.